The summed E-state index contributed by atoms with van der Waals surface area (Å²) < 4.78 is 8.04. The lowest BCUT2D eigenvalue weighted by Crippen LogP contribution is -2.07. The fourth-order valence-electron chi connectivity index (χ4n) is 2.17. The van der Waals surface area contributed by atoms with Gasteiger partial charge in [-0.05, 0) is 47.7 Å². The first kappa shape index (κ1) is 13.8. The third-order valence-electron chi connectivity index (χ3n) is 3.06. The number of fused-ring (bicyclic) bond motifs is 1. The molecular formula is C13H12ClIN4O. The molecule has 1 atom stereocenters. The highest BCUT2D eigenvalue weighted by Crippen LogP contribution is 2.26. The van der Waals surface area contributed by atoms with E-state index in [-0.39, 0.29) is 5.38 Å². The standard InChI is InChI=1S/C13H12ClIN4O/c1-8(14)13-17-10-6-9(15)2-3-11(10)19(13)5-4-12-16-7-20-18-12/h2-3,6-8H,4-5H2,1H3. The number of hydrogen-bond acceptors (Lipinski definition) is 4. The number of imidazole rings is 1. The van der Waals surface area contributed by atoms with Gasteiger partial charge in [0.25, 0.3) is 0 Å². The SMILES string of the molecule is CC(Cl)c1nc2cc(I)ccc2n1CCc1ncon1. The zero-order valence-corrected chi connectivity index (χ0v) is 13.7. The van der Waals surface area contributed by atoms with Gasteiger partial charge in [-0.3, -0.25) is 0 Å². The van der Waals surface area contributed by atoms with Crippen molar-refractivity contribution in [2.45, 2.75) is 25.3 Å². The molecule has 0 bridgehead atoms. The Balaban J connectivity index is 2.00. The summed E-state index contributed by atoms with van der Waals surface area (Å²) in [5.74, 6) is 1.55. The Kier molecular flexibility index (Phi) is 3.93. The number of halogens is 2. The number of aryl methyl sites for hydroxylation is 2. The highest BCUT2D eigenvalue weighted by molar-refractivity contribution is 14.1. The molecular weight excluding hydrogens is 391 g/mol. The van der Waals surface area contributed by atoms with Crippen LogP contribution >= 0.6 is 34.2 Å². The van der Waals surface area contributed by atoms with Crippen molar-refractivity contribution in [3.63, 3.8) is 0 Å². The molecule has 0 N–H and O–H groups in total. The van der Waals surface area contributed by atoms with E-state index in [1.165, 1.54) is 6.39 Å². The first-order valence-electron chi connectivity index (χ1n) is 6.20. The highest BCUT2D eigenvalue weighted by Gasteiger charge is 2.15. The lowest BCUT2D eigenvalue weighted by molar-refractivity contribution is 0.408. The smallest absolute Gasteiger partial charge is 0.213 e. The van der Waals surface area contributed by atoms with E-state index in [4.69, 9.17) is 16.1 Å². The molecule has 104 valence electrons. The summed E-state index contributed by atoms with van der Waals surface area (Å²) in [4.78, 5) is 8.67. The van der Waals surface area contributed by atoms with Gasteiger partial charge in [0.2, 0.25) is 6.39 Å². The monoisotopic (exact) mass is 402 g/mol. The fraction of sp³-hybridized carbons (Fsp3) is 0.308. The maximum Gasteiger partial charge on any atom is 0.213 e. The number of alkyl halides is 1. The van der Waals surface area contributed by atoms with Crippen molar-refractivity contribution in [2.24, 2.45) is 0 Å². The molecule has 0 aliphatic carbocycles. The average molecular weight is 403 g/mol. The first-order valence-corrected chi connectivity index (χ1v) is 7.71. The number of benzene rings is 1. The van der Waals surface area contributed by atoms with E-state index in [9.17, 15) is 0 Å². The number of nitrogens with zero attached hydrogens (tertiary/aromatic N) is 4. The van der Waals surface area contributed by atoms with Gasteiger partial charge >= 0.3 is 0 Å². The average Bonchev–Trinajstić information content (AvgIpc) is 3.02. The molecule has 0 fully saturated rings. The van der Waals surface area contributed by atoms with Gasteiger partial charge < -0.3 is 9.09 Å². The molecule has 3 rings (SSSR count). The minimum absolute atomic E-state index is 0.148. The molecule has 1 aromatic carbocycles. The fourth-order valence-corrected chi connectivity index (χ4v) is 2.82. The van der Waals surface area contributed by atoms with Crippen LogP contribution in [-0.2, 0) is 13.0 Å². The van der Waals surface area contributed by atoms with Crippen LogP contribution < -0.4 is 0 Å². The summed E-state index contributed by atoms with van der Waals surface area (Å²) in [5, 5.41) is 3.68. The number of rotatable bonds is 4. The highest BCUT2D eigenvalue weighted by atomic mass is 127. The van der Waals surface area contributed by atoms with Gasteiger partial charge in [-0.25, -0.2) is 4.98 Å². The molecule has 0 saturated heterocycles. The van der Waals surface area contributed by atoms with Crippen LogP contribution in [0.4, 0.5) is 0 Å². The molecule has 7 heteroatoms. The lowest BCUT2D eigenvalue weighted by Gasteiger charge is -2.09. The maximum absolute atomic E-state index is 6.25. The van der Waals surface area contributed by atoms with Gasteiger partial charge in [0.05, 0.1) is 16.4 Å². The second-order valence-corrected chi connectivity index (χ2v) is 6.37. The van der Waals surface area contributed by atoms with E-state index in [0.717, 1.165) is 27.0 Å². The van der Waals surface area contributed by atoms with E-state index < -0.39 is 0 Å². The van der Waals surface area contributed by atoms with Crippen LogP contribution in [0.15, 0.2) is 29.1 Å². The molecule has 0 aliphatic rings. The molecule has 0 aliphatic heterocycles. The molecule has 0 spiro atoms. The third-order valence-corrected chi connectivity index (χ3v) is 3.93. The minimum Gasteiger partial charge on any atom is -0.343 e. The third kappa shape index (κ3) is 2.67. The summed E-state index contributed by atoms with van der Waals surface area (Å²) in [6.45, 7) is 2.65. The Morgan fingerprint density at radius 3 is 3.00 bits per heavy atom. The van der Waals surface area contributed by atoms with E-state index in [1.54, 1.807) is 0 Å². The van der Waals surface area contributed by atoms with Crippen molar-refractivity contribution in [1.29, 1.82) is 0 Å². The molecule has 2 aromatic heterocycles. The zero-order valence-electron chi connectivity index (χ0n) is 10.8. The lowest BCUT2D eigenvalue weighted by atomic mass is 10.3. The van der Waals surface area contributed by atoms with Crippen molar-refractivity contribution in [3.8, 4) is 0 Å². The molecule has 1 unspecified atom stereocenters. The molecule has 3 aromatic rings. The normalized spacial score (nSPS) is 12.9. The van der Waals surface area contributed by atoms with Crippen LogP contribution in [0.1, 0.15) is 23.9 Å². The van der Waals surface area contributed by atoms with Gasteiger partial charge in [-0.1, -0.05) is 5.16 Å². The number of aromatic nitrogens is 4. The largest absolute Gasteiger partial charge is 0.343 e. The maximum atomic E-state index is 6.25. The first-order chi connectivity index (χ1) is 9.65. The molecule has 0 saturated carbocycles. The summed E-state index contributed by atoms with van der Waals surface area (Å²) in [7, 11) is 0. The number of hydrogen-bond donors (Lipinski definition) is 0. The van der Waals surface area contributed by atoms with Crippen molar-refractivity contribution >= 4 is 45.2 Å². The van der Waals surface area contributed by atoms with Crippen molar-refractivity contribution in [3.05, 3.63) is 39.8 Å². The summed E-state index contributed by atoms with van der Waals surface area (Å²) in [6.07, 6.45) is 2.03. The Morgan fingerprint density at radius 2 is 2.30 bits per heavy atom. The summed E-state index contributed by atoms with van der Waals surface area (Å²) in [5.41, 5.74) is 2.05. The van der Waals surface area contributed by atoms with Crippen LogP contribution in [0, 0.1) is 3.57 Å². The Bertz CT molecular complexity index is 723. The van der Waals surface area contributed by atoms with E-state index in [1.807, 2.05) is 6.92 Å². The summed E-state index contributed by atoms with van der Waals surface area (Å²) in [6, 6.07) is 6.20. The summed E-state index contributed by atoms with van der Waals surface area (Å²) >= 11 is 8.53. The predicted molar refractivity (Wildman–Crippen MR) is 84.7 cm³/mol. The van der Waals surface area contributed by atoms with E-state index in [2.05, 4.69) is 60.5 Å². The Labute approximate surface area is 134 Å². The van der Waals surface area contributed by atoms with Gasteiger partial charge in [-0.15, -0.1) is 11.6 Å². The topological polar surface area (TPSA) is 56.7 Å². The molecule has 0 amide bonds. The van der Waals surface area contributed by atoms with Gasteiger partial charge in [0.1, 0.15) is 5.82 Å². The molecule has 5 nitrogen and oxygen atoms in total. The Morgan fingerprint density at radius 1 is 1.45 bits per heavy atom. The van der Waals surface area contributed by atoms with E-state index >= 15 is 0 Å². The molecule has 0 radical (unpaired) electrons. The molecule has 2 heterocycles. The quantitative estimate of drug-likeness (QED) is 0.494. The second kappa shape index (κ2) is 5.69. The second-order valence-electron chi connectivity index (χ2n) is 4.47. The van der Waals surface area contributed by atoms with Crippen molar-refractivity contribution < 1.29 is 4.52 Å². The van der Waals surface area contributed by atoms with Crippen LogP contribution in [-0.4, -0.2) is 19.7 Å². The van der Waals surface area contributed by atoms with Gasteiger partial charge in [0.15, 0.2) is 5.82 Å². The van der Waals surface area contributed by atoms with Crippen molar-refractivity contribution in [2.75, 3.05) is 0 Å². The molecule has 20 heavy (non-hydrogen) atoms. The van der Waals surface area contributed by atoms with Crippen LogP contribution in [0.3, 0.4) is 0 Å². The van der Waals surface area contributed by atoms with Gasteiger partial charge in [0, 0.05) is 16.5 Å². The van der Waals surface area contributed by atoms with Crippen LogP contribution in [0.25, 0.3) is 11.0 Å². The van der Waals surface area contributed by atoms with Crippen LogP contribution in [0.5, 0.6) is 0 Å². The van der Waals surface area contributed by atoms with Crippen molar-refractivity contribution in [1.82, 2.24) is 19.7 Å². The van der Waals surface area contributed by atoms with E-state index in [0.29, 0.717) is 12.2 Å². The minimum atomic E-state index is -0.148. The van der Waals surface area contributed by atoms with Crippen LogP contribution in [0.2, 0.25) is 0 Å². The Hall–Kier alpha value is -1.15. The predicted octanol–water partition coefficient (Wildman–Crippen LogP) is 3.57. The van der Waals surface area contributed by atoms with Gasteiger partial charge in [-0.2, -0.15) is 4.98 Å². The zero-order chi connectivity index (χ0) is 14.1.